The number of aryl methyl sites for hydroxylation is 1. The molecule has 6 rings (SSSR count). The third-order valence-electron chi connectivity index (χ3n) is 9.31. The molecular weight excluding hydrogens is 1010 g/mol. The molecule has 0 aliphatic carbocycles. The minimum absolute atomic E-state index is 0.0114. The van der Waals surface area contributed by atoms with Crippen molar-refractivity contribution in [2.24, 2.45) is 0 Å². The van der Waals surface area contributed by atoms with Gasteiger partial charge in [0, 0.05) is 54.6 Å². The number of rotatable bonds is 18. The van der Waals surface area contributed by atoms with Crippen LogP contribution in [0.3, 0.4) is 0 Å². The summed E-state index contributed by atoms with van der Waals surface area (Å²) in [7, 11) is 13.8. The van der Waals surface area contributed by atoms with Crippen molar-refractivity contribution in [1.82, 2.24) is 14.7 Å². The Morgan fingerprint density at radius 3 is 1.28 bits per heavy atom. The van der Waals surface area contributed by atoms with Gasteiger partial charge in [-0.1, -0.05) is 131 Å². The number of nitro benzene ring substituents is 3. The average Bonchev–Trinajstić information content (AvgIpc) is 3.39. The van der Waals surface area contributed by atoms with Crippen LogP contribution in [-0.4, -0.2) is 116 Å². The van der Waals surface area contributed by atoms with Crippen LogP contribution in [0.15, 0.2) is 150 Å². The van der Waals surface area contributed by atoms with E-state index < -0.39 is 14.8 Å². The second kappa shape index (κ2) is 38.0. The van der Waals surface area contributed by atoms with Gasteiger partial charge >= 0.3 is 17.1 Å². The summed E-state index contributed by atoms with van der Waals surface area (Å²) in [6.45, 7) is 3.24. The van der Waals surface area contributed by atoms with E-state index in [-0.39, 0.29) is 35.2 Å². The molecule has 6 aromatic rings. The summed E-state index contributed by atoms with van der Waals surface area (Å²) in [4.78, 5) is 37.9. The number of nitrogens with zero attached hydrogens (tertiary/aromatic N) is 6. The van der Waals surface area contributed by atoms with Gasteiger partial charge in [0.2, 0.25) is 0 Å². The molecule has 18 heteroatoms. The molecule has 0 radical (unpaired) electrons. The molecule has 0 aromatic heterocycles. The van der Waals surface area contributed by atoms with Gasteiger partial charge in [0.1, 0.15) is 19.8 Å². The fraction of sp³-hybridized carbons (Fsp3) is 0.286. The normalized spacial score (nSPS) is 9.74. The smallest absolute Gasteiger partial charge is 0.311 e. The van der Waals surface area contributed by atoms with Gasteiger partial charge in [0.15, 0.2) is 17.2 Å². The Morgan fingerprint density at radius 1 is 0.514 bits per heavy atom. The molecule has 2 N–H and O–H groups in total. The first-order valence-corrected chi connectivity index (χ1v) is 23.6. The van der Waals surface area contributed by atoms with E-state index in [4.69, 9.17) is 30.8 Å². The Labute approximate surface area is 443 Å². The maximum absolute atomic E-state index is 11.2. The van der Waals surface area contributed by atoms with Crippen molar-refractivity contribution < 1.29 is 39.2 Å². The van der Waals surface area contributed by atoms with Crippen LogP contribution in [0.1, 0.15) is 34.2 Å². The number of ether oxygens (including phenoxy) is 3. The van der Waals surface area contributed by atoms with E-state index in [1.165, 1.54) is 18.2 Å². The lowest BCUT2D eigenvalue weighted by Crippen LogP contribution is -2.13. The molecule has 0 amide bonds. The van der Waals surface area contributed by atoms with E-state index in [1.54, 1.807) is 30.3 Å². The van der Waals surface area contributed by atoms with Crippen LogP contribution >= 0.6 is 15.9 Å². The van der Waals surface area contributed by atoms with E-state index >= 15 is 0 Å². The number of benzene rings is 6. The minimum Gasteiger partial charge on any atom is -0.482 e. The predicted octanol–water partition coefficient (Wildman–Crippen LogP) is 10.1. The lowest BCUT2D eigenvalue weighted by atomic mass is 10.1. The third-order valence-corrected chi connectivity index (χ3v) is 9.81. The van der Waals surface area contributed by atoms with Crippen LogP contribution in [0.2, 0.25) is 0 Å². The summed E-state index contributed by atoms with van der Waals surface area (Å²) in [5, 5.41) is 47.2. The van der Waals surface area contributed by atoms with Crippen molar-refractivity contribution in [3.8, 4) is 41.4 Å². The molecule has 394 valence electrons. The summed E-state index contributed by atoms with van der Waals surface area (Å²) in [5.74, 6) is 9.31. The summed E-state index contributed by atoms with van der Waals surface area (Å²) >= 11 is 3.27. The number of hydrogen-bond acceptors (Lipinski definition) is 14. The van der Waals surface area contributed by atoms with Crippen LogP contribution in [0.25, 0.3) is 0 Å². The van der Waals surface area contributed by atoms with Gasteiger partial charge in [-0.05, 0) is 102 Å². The highest BCUT2D eigenvalue weighted by molar-refractivity contribution is 9.10. The van der Waals surface area contributed by atoms with E-state index in [0.717, 1.165) is 66.9 Å². The molecule has 0 bridgehead atoms. The average molecular weight is 1080 g/mol. The highest BCUT2D eigenvalue weighted by atomic mass is 79.9. The quantitative estimate of drug-likeness (QED) is 0.0467. The summed E-state index contributed by atoms with van der Waals surface area (Å²) < 4.78 is 17.6. The topological polar surface area (TPSA) is 207 Å². The molecular formula is C56H67BrN6O11. The third kappa shape index (κ3) is 27.2. The van der Waals surface area contributed by atoms with Crippen molar-refractivity contribution >= 4 is 33.0 Å². The molecule has 0 heterocycles. The summed E-state index contributed by atoms with van der Waals surface area (Å²) in [5.41, 5.74) is 4.57. The molecule has 0 saturated heterocycles. The van der Waals surface area contributed by atoms with Crippen LogP contribution in [0.4, 0.5) is 17.1 Å². The maximum atomic E-state index is 11.2. The Bertz CT molecular complexity index is 2660. The second-order valence-electron chi connectivity index (χ2n) is 16.1. The fourth-order valence-corrected chi connectivity index (χ4v) is 6.22. The molecule has 74 heavy (non-hydrogen) atoms. The first kappa shape index (κ1) is 64.3. The molecule has 0 aliphatic rings. The highest BCUT2D eigenvalue weighted by Crippen LogP contribution is 2.32. The second-order valence-corrected chi connectivity index (χ2v) is 17.0. The zero-order valence-corrected chi connectivity index (χ0v) is 44.8. The van der Waals surface area contributed by atoms with Gasteiger partial charge in [-0.15, -0.1) is 6.42 Å². The van der Waals surface area contributed by atoms with Crippen LogP contribution in [0, 0.1) is 54.5 Å². The fourth-order valence-electron chi connectivity index (χ4n) is 5.88. The van der Waals surface area contributed by atoms with Gasteiger partial charge in [-0.2, -0.15) is 0 Å². The number of nitro groups is 3. The Morgan fingerprint density at radius 2 is 0.905 bits per heavy atom. The number of aliphatic hydroxyl groups excluding tert-OH is 2. The zero-order chi connectivity index (χ0) is 55.3. The molecule has 0 saturated carbocycles. The molecule has 6 aromatic carbocycles. The highest BCUT2D eigenvalue weighted by Gasteiger charge is 2.18. The molecule has 0 unspecified atom stereocenters. The molecule has 0 fully saturated rings. The maximum Gasteiger partial charge on any atom is 0.311 e. The monoisotopic (exact) mass is 1080 g/mol. The van der Waals surface area contributed by atoms with Gasteiger partial charge in [-0.25, -0.2) is 0 Å². The minimum atomic E-state index is -0.452. The van der Waals surface area contributed by atoms with Gasteiger partial charge in [0.25, 0.3) is 0 Å². The van der Waals surface area contributed by atoms with E-state index in [2.05, 4.69) is 38.6 Å². The Balaban J connectivity index is 0.000000511. The lowest BCUT2D eigenvalue weighted by Gasteiger charge is -2.11. The van der Waals surface area contributed by atoms with Crippen molar-refractivity contribution in [1.29, 1.82) is 0 Å². The lowest BCUT2D eigenvalue weighted by molar-refractivity contribution is -0.386. The van der Waals surface area contributed by atoms with Crippen molar-refractivity contribution in [3.05, 3.63) is 208 Å². The number of aliphatic hydroxyl groups is 2. The SMILES string of the molecule is C#CCN(C)C.CN(C)CC#Cc1ccc([N+](=O)[O-])c(OCc2ccccc2)c1.CN(C)CCCc1ccc([N+](=O)[O-])c(OCc2ccccc2)c1.CO.CO.O=[N+]([O-])c1ccc(Br)cc1OCc1ccccc1. The van der Waals surface area contributed by atoms with Crippen LogP contribution in [0.5, 0.6) is 17.2 Å². The Hall–Kier alpha value is -7.68. The van der Waals surface area contributed by atoms with Crippen molar-refractivity contribution in [2.75, 3.05) is 76.1 Å². The number of terminal acetylenes is 1. The van der Waals surface area contributed by atoms with Gasteiger partial charge < -0.3 is 29.3 Å². The summed E-state index contributed by atoms with van der Waals surface area (Å²) in [6.07, 6.45) is 6.81. The first-order valence-electron chi connectivity index (χ1n) is 22.8. The van der Waals surface area contributed by atoms with Gasteiger partial charge in [0.05, 0.1) is 27.9 Å². The largest absolute Gasteiger partial charge is 0.482 e. The molecule has 17 nitrogen and oxygen atoms in total. The van der Waals surface area contributed by atoms with E-state index in [9.17, 15) is 30.3 Å². The number of halogens is 1. The standard InChI is InChI=1S/C18H22N2O3.C18H18N2O3.C13H10BrNO3.C5H9N.2CH4O/c2*1-19(2)12-6-9-15-10-11-17(20(21)22)18(13-15)23-14-16-7-4-3-5-8-16;14-11-6-7-12(15(16)17)13(8-11)18-9-10-4-2-1-3-5-10;1-4-5-6(2)3;2*1-2/h3-5,7-8,10-11,13H,6,9,12,14H2,1-2H3;3-5,7-8,10-11,13H,12,14H2,1-2H3;1-8H,9H2;1H,5H2,2-3H3;2*2H,1H3. The number of hydrogen-bond donors (Lipinski definition) is 2. The van der Waals surface area contributed by atoms with E-state index in [0.29, 0.717) is 31.1 Å². The van der Waals surface area contributed by atoms with Crippen molar-refractivity contribution in [2.45, 2.75) is 32.7 Å². The molecule has 0 aliphatic heterocycles. The van der Waals surface area contributed by atoms with Crippen LogP contribution in [-0.2, 0) is 26.2 Å². The van der Waals surface area contributed by atoms with Crippen LogP contribution < -0.4 is 14.2 Å². The zero-order valence-electron chi connectivity index (χ0n) is 43.2. The van der Waals surface area contributed by atoms with Gasteiger partial charge in [-0.3, -0.25) is 40.1 Å². The first-order chi connectivity index (χ1) is 35.6. The molecule has 0 atom stereocenters. The Kier molecular flexibility index (Phi) is 33.0. The molecule has 0 spiro atoms. The van der Waals surface area contributed by atoms with Crippen molar-refractivity contribution in [3.63, 3.8) is 0 Å². The predicted molar refractivity (Wildman–Crippen MR) is 295 cm³/mol. The van der Waals surface area contributed by atoms with E-state index in [1.807, 2.05) is 149 Å². The summed E-state index contributed by atoms with van der Waals surface area (Å²) in [6, 6.07) is 43.1.